The highest BCUT2D eigenvalue weighted by Gasteiger charge is 2.32. The van der Waals surface area contributed by atoms with Gasteiger partial charge in [0.25, 0.3) is 0 Å². The monoisotopic (exact) mass is 266 g/mol. The molecule has 0 radical (unpaired) electrons. The summed E-state index contributed by atoms with van der Waals surface area (Å²) in [7, 11) is 0. The molecule has 1 aliphatic rings. The van der Waals surface area contributed by atoms with Crippen molar-refractivity contribution in [3.05, 3.63) is 12.4 Å². The molecule has 1 aromatic heterocycles. The number of carbonyl (C=O) groups excluding carboxylic acids is 1. The van der Waals surface area contributed by atoms with Gasteiger partial charge in [-0.3, -0.25) is 4.68 Å². The van der Waals surface area contributed by atoms with E-state index >= 15 is 0 Å². The summed E-state index contributed by atoms with van der Waals surface area (Å²) < 4.78 is 7.21. The predicted octanol–water partition coefficient (Wildman–Crippen LogP) is 1.86. The van der Waals surface area contributed by atoms with Crippen LogP contribution in [0.4, 0.5) is 10.5 Å². The van der Waals surface area contributed by atoms with Crippen molar-refractivity contribution in [2.45, 2.75) is 51.8 Å². The minimum atomic E-state index is -0.458. The van der Waals surface area contributed by atoms with Gasteiger partial charge in [0.05, 0.1) is 24.5 Å². The second kappa shape index (κ2) is 5.11. The van der Waals surface area contributed by atoms with Gasteiger partial charge in [-0.25, -0.2) is 4.79 Å². The molecule has 2 heterocycles. The van der Waals surface area contributed by atoms with Gasteiger partial charge < -0.3 is 15.4 Å². The lowest BCUT2D eigenvalue weighted by atomic mass is 10.2. The van der Waals surface area contributed by atoms with Crippen LogP contribution in [0.2, 0.25) is 0 Å². The van der Waals surface area contributed by atoms with Crippen LogP contribution in [0, 0.1) is 0 Å². The molecule has 6 heteroatoms. The van der Waals surface area contributed by atoms with E-state index in [4.69, 9.17) is 10.5 Å². The third-order valence-electron chi connectivity index (χ3n) is 3.06. The van der Waals surface area contributed by atoms with Crippen molar-refractivity contribution in [3.8, 4) is 0 Å². The fourth-order valence-electron chi connectivity index (χ4n) is 2.28. The van der Waals surface area contributed by atoms with Gasteiger partial charge in [0.1, 0.15) is 5.60 Å². The molecular weight excluding hydrogens is 244 g/mol. The number of nitrogens with zero attached hydrogens (tertiary/aromatic N) is 3. The van der Waals surface area contributed by atoms with E-state index in [2.05, 4.69) is 5.10 Å². The van der Waals surface area contributed by atoms with Gasteiger partial charge in [-0.2, -0.15) is 5.10 Å². The molecule has 2 N–H and O–H groups in total. The van der Waals surface area contributed by atoms with Gasteiger partial charge in [-0.15, -0.1) is 0 Å². The molecule has 106 valence electrons. The van der Waals surface area contributed by atoms with Crippen molar-refractivity contribution in [1.82, 2.24) is 14.7 Å². The Bertz CT molecular complexity index is 450. The Balaban J connectivity index is 1.98. The Labute approximate surface area is 113 Å². The van der Waals surface area contributed by atoms with Crippen LogP contribution in [0.15, 0.2) is 12.4 Å². The van der Waals surface area contributed by atoms with Gasteiger partial charge in [-0.05, 0) is 33.6 Å². The number of carbonyl (C=O) groups is 1. The Morgan fingerprint density at radius 2 is 2.32 bits per heavy atom. The number of hydrogen-bond acceptors (Lipinski definition) is 4. The topological polar surface area (TPSA) is 73.4 Å². The predicted molar refractivity (Wildman–Crippen MR) is 72.6 cm³/mol. The number of aromatic nitrogens is 2. The maximum Gasteiger partial charge on any atom is 0.410 e. The van der Waals surface area contributed by atoms with E-state index in [9.17, 15) is 4.79 Å². The largest absolute Gasteiger partial charge is 0.444 e. The standard InChI is InChI=1S/C13H22N4O2/c1-13(2,3)19-12(18)17-6-4-5-11(17)9-16-8-10(14)7-15-16/h7-8,11H,4-6,9,14H2,1-3H3. The second-order valence-electron chi connectivity index (χ2n) is 5.97. The van der Waals surface area contributed by atoms with Crippen LogP contribution >= 0.6 is 0 Å². The third kappa shape index (κ3) is 3.62. The lowest BCUT2D eigenvalue weighted by molar-refractivity contribution is 0.0211. The fraction of sp³-hybridized carbons (Fsp3) is 0.692. The molecule has 0 aromatic carbocycles. The summed E-state index contributed by atoms with van der Waals surface area (Å²) in [5.41, 5.74) is 5.82. The van der Waals surface area contributed by atoms with E-state index in [1.54, 1.807) is 22.0 Å². The first kappa shape index (κ1) is 13.7. The van der Waals surface area contributed by atoms with Crippen molar-refractivity contribution in [2.24, 2.45) is 0 Å². The van der Waals surface area contributed by atoms with E-state index in [0.717, 1.165) is 19.4 Å². The number of likely N-dealkylation sites (tertiary alicyclic amines) is 1. The molecule has 0 bridgehead atoms. The molecule has 19 heavy (non-hydrogen) atoms. The summed E-state index contributed by atoms with van der Waals surface area (Å²) in [5, 5.41) is 4.16. The number of anilines is 1. The van der Waals surface area contributed by atoms with Gasteiger partial charge in [0, 0.05) is 12.7 Å². The zero-order chi connectivity index (χ0) is 14.0. The summed E-state index contributed by atoms with van der Waals surface area (Å²) >= 11 is 0. The lowest BCUT2D eigenvalue weighted by Gasteiger charge is -2.28. The van der Waals surface area contributed by atoms with Crippen LogP contribution in [0.25, 0.3) is 0 Å². The van der Waals surface area contributed by atoms with Gasteiger partial charge in [-0.1, -0.05) is 0 Å². The normalized spacial score (nSPS) is 19.7. The molecule has 1 unspecified atom stereocenters. The molecule has 1 fully saturated rings. The van der Waals surface area contributed by atoms with Crippen LogP contribution in [0.3, 0.4) is 0 Å². The Morgan fingerprint density at radius 1 is 1.58 bits per heavy atom. The summed E-state index contributed by atoms with van der Waals surface area (Å²) in [6.45, 7) is 7.05. The molecule has 1 saturated heterocycles. The van der Waals surface area contributed by atoms with Crippen LogP contribution in [-0.2, 0) is 11.3 Å². The van der Waals surface area contributed by atoms with E-state index in [1.807, 2.05) is 20.8 Å². The van der Waals surface area contributed by atoms with Crippen molar-refractivity contribution < 1.29 is 9.53 Å². The maximum absolute atomic E-state index is 12.1. The number of nitrogen functional groups attached to an aromatic ring is 1. The quantitative estimate of drug-likeness (QED) is 0.886. The first-order valence-corrected chi connectivity index (χ1v) is 6.63. The molecule has 0 saturated carbocycles. The van der Waals surface area contributed by atoms with E-state index in [-0.39, 0.29) is 12.1 Å². The van der Waals surface area contributed by atoms with E-state index in [0.29, 0.717) is 12.2 Å². The van der Waals surface area contributed by atoms with Crippen molar-refractivity contribution in [3.63, 3.8) is 0 Å². The molecule has 1 amide bonds. The van der Waals surface area contributed by atoms with Gasteiger partial charge >= 0.3 is 6.09 Å². The lowest BCUT2D eigenvalue weighted by Crippen LogP contribution is -2.41. The summed E-state index contributed by atoms with van der Waals surface area (Å²) in [4.78, 5) is 13.9. The van der Waals surface area contributed by atoms with Crippen LogP contribution in [0.5, 0.6) is 0 Å². The van der Waals surface area contributed by atoms with Crippen molar-refractivity contribution in [1.29, 1.82) is 0 Å². The minimum Gasteiger partial charge on any atom is -0.444 e. The molecular formula is C13H22N4O2. The molecule has 1 atom stereocenters. The van der Waals surface area contributed by atoms with E-state index in [1.165, 1.54) is 0 Å². The molecule has 0 aliphatic carbocycles. The summed E-state index contributed by atoms with van der Waals surface area (Å²) in [5.74, 6) is 0. The number of nitrogens with two attached hydrogens (primary N) is 1. The molecule has 0 spiro atoms. The zero-order valence-electron chi connectivity index (χ0n) is 11.8. The smallest absolute Gasteiger partial charge is 0.410 e. The molecule has 6 nitrogen and oxygen atoms in total. The average Bonchev–Trinajstić information content (AvgIpc) is 2.86. The number of rotatable bonds is 2. The second-order valence-corrected chi connectivity index (χ2v) is 5.97. The SMILES string of the molecule is CC(C)(C)OC(=O)N1CCCC1Cn1cc(N)cn1. The maximum atomic E-state index is 12.1. The summed E-state index contributed by atoms with van der Waals surface area (Å²) in [6, 6.07) is 0.133. The highest BCUT2D eigenvalue weighted by molar-refractivity contribution is 5.68. The number of amides is 1. The van der Waals surface area contributed by atoms with Crippen molar-refractivity contribution in [2.75, 3.05) is 12.3 Å². The fourth-order valence-corrected chi connectivity index (χ4v) is 2.28. The Morgan fingerprint density at radius 3 is 2.89 bits per heavy atom. The highest BCUT2D eigenvalue weighted by Crippen LogP contribution is 2.22. The van der Waals surface area contributed by atoms with Crippen LogP contribution < -0.4 is 5.73 Å². The summed E-state index contributed by atoms with van der Waals surface area (Å²) in [6.07, 6.45) is 5.13. The molecule has 1 aromatic rings. The Hall–Kier alpha value is -1.72. The number of hydrogen-bond donors (Lipinski definition) is 1. The Kier molecular flexibility index (Phi) is 3.68. The van der Waals surface area contributed by atoms with E-state index < -0.39 is 5.60 Å². The molecule has 1 aliphatic heterocycles. The average molecular weight is 266 g/mol. The van der Waals surface area contributed by atoms with Gasteiger partial charge in [0.15, 0.2) is 0 Å². The number of ether oxygens (including phenoxy) is 1. The highest BCUT2D eigenvalue weighted by atomic mass is 16.6. The van der Waals surface area contributed by atoms with Crippen LogP contribution in [-0.4, -0.2) is 39.0 Å². The molecule has 2 rings (SSSR count). The third-order valence-corrected chi connectivity index (χ3v) is 3.06. The first-order valence-electron chi connectivity index (χ1n) is 6.63. The minimum absolute atomic E-state index is 0.133. The van der Waals surface area contributed by atoms with Gasteiger partial charge in [0.2, 0.25) is 0 Å². The zero-order valence-corrected chi connectivity index (χ0v) is 11.8. The first-order chi connectivity index (χ1) is 8.85. The van der Waals surface area contributed by atoms with Crippen LogP contribution in [0.1, 0.15) is 33.6 Å². The van der Waals surface area contributed by atoms with Crippen molar-refractivity contribution >= 4 is 11.8 Å².